The Morgan fingerprint density at radius 2 is 0.821 bits per heavy atom. The van der Waals surface area contributed by atoms with Crippen molar-refractivity contribution in [2.24, 2.45) is 25.3 Å². The number of nitrogens with zero attached hydrogens (tertiary/aromatic N) is 6. The summed E-state index contributed by atoms with van der Waals surface area (Å²) in [5, 5.41) is 25.2. The van der Waals surface area contributed by atoms with Crippen molar-refractivity contribution in [3.63, 3.8) is 0 Å². The monoisotopic (exact) mass is 508 g/mol. The van der Waals surface area contributed by atoms with Crippen LogP contribution in [0, 0.1) is 5.21 Å². The molecule has 0 aliphatic rings. The summed E-state index contributed by atoms with van der Waals surface area (Å²) >= 11 is 0. The lowest BCUT2D eigenvalue weighted by molar-refractivity contribution is -0.435. The molecule has 0 amide bonds. The van der Waals surface area contributed by atoms with Crippen LogP contribution in [-0.4, -0.2) is 17.3 Å². The minimum absolute atomic E-state index is 0.390. The van der Waals surface area contributed by atoms with Gasteiger partial charge < -0.3 is 5.21 Å². The van der Waals surface area contributed by atoms with E-state index in [2.05, 4.69) is 25.3 Å². The quantitative estimate of drug-likeness (QED) is 0.0888. The van der Waals surface area contributed by atoms with Crippen LogP contribution in [0.3, 0.4) is 0 Å². The normalized spacial score (nSPS) is 12.1. The van der Waals surface area contributed by atoms with Crippen molar-refractivity contribution in [1.82, 2.24) is 0 Å². The minimum atomic E-state index is 0.390. The van der Waals surface area contributed by atoms with Crippen molar-refractivity contribution < 1.29 is 4.86 Å². The van der Waals surface area contributed by atoms with Crippen molar-refractivity contribution >= 4 is 46.6 Å². The highest BCUT2D eigenvalue weighted by molar-refractivity contribution is 5.82. The summed E-state index contributed by atoms with van der Waals surface area (Å²) in [6, 6.07) is 41.1. The zero-order valence-electron chi connectivity index (χ0n) is 20.9. The highest BCUT2D eigenvalue weighted by Crippen LogP contribution is 2.25. The maximum absolute atomic E-state index is 12.5. The molecule has 0 spiro atoms. The molecule has 0 fully saturated rings. The number of aliphatic imine (C=N–C) groups is 2. The molecular formula is C32H24N6O. The van der Waals surface area contributed by atoms with Gasteiger partial charge in [0.2, 0.25) is 5.69 Å². The molecule has 0 saturated heterocycles. The predicted octanol–water partition coefficient (Wildman–Crippen LogP) is 9.53. The summed E-state index contributed by atoms with van der Waals surface area (Å²) in [5.41, 5.74) is 5.91. The van der Waals surface area contributed by atoms with E-state index in [1.165, 1.54) is 0 Å². The van der Waals surface area contributed by atoms with Crippen molar-refractivity contribution in [3.8, 4) is 0 Å². The van der Waals surface area contributed by atoms with E-state index in [0.29, 0.717) is 27.6 Å². The van der Waals surface area contributed by atoms with E-state index in [0.717, 1.165) is 22.5 Å². The average Bonchev–Trinajstić information content (AvgIpc) is 3.00. The number of rotatable bonds is 8. The van der Waals surface area contributed by atoms with Gasteiger partial charge in [0.25, 0.3) is 0 Å². The number of azo groups is 2. The maximum Gasteiger partial charge on any atom is 0.245 e. The molecule has 39 heavy (non-hydrogen) atoms. The van der Waals surface area contributed by atoms with Gasteiger partial charge in [0.15, 0.2) is 0 Å². The molecule has 0 radical (unpaired) electrons. The lowest BCUT2D eigenvalue weighted by Crippen LogP contribution is -1.89. The second-order valence-electron chi connectivity index (χ2n) is 8.46. The second kappa shape index (κ2) is 12.6. The van der Waals surface area contributed by atoms with E-state index in [4.69, 9.17) is 0 Å². The Bertz CT molecular complexity index is 1610. The van der Waals surface area contributed by atoms with Gasteiger partial charge in [-0.1, -0.05) is 65.5 Å². The van der Waals surface area contributed by atoms with Gasteiger partial charge >= 0.3 is 0 Å². The molecule has 0 heterocycles. The standard InChI is InChI=1S/C32H24N6O/c39-38(37-31-17-13-28(14-18-31)34-24-26-9-5-2-6-10-26)32-21-19-30(20-22-32)36-35-29-15-11-27(12-16-29)33-23-25-7-3-1-4-8-25/h1-24H. The van der Waals surface area contributed by atoms with Crippen LogP contribution >= 0.6 is 0 Å². The van der Waals surface area contributed by atoms with Gasteiger partial charge in [-0.2, -0.15) is 10.2 Å². The zero-order chi connectivity index (χ0) is 26.7. The van der Waals surface area contributed by atoms with Gasteiger partial charge in [0.05, 0.1) is 22.7 Å². The lowest BCUT2D eigenvalue weighted by atomic mass is 10.2. The Morgan fingerprint density at radius 3 is 1.28 bits per heavy atom. The fourth-order valence-corrected chi connectivity index (χ4v) is 3.51. The molecule has 0 aliphatic heterocycles. The van der Waals surface area contributed by atoms with Gasteiger partial charge in [-0.25, -0.2) is 0 Å². The Hall–Kier alpha value is -5.56. The molecular weight excluding hydrogens is 484 g/mol. The van der Waals surface area contributed by atoms with E-state index in [1.54, 1.807) is 42.6 Å². The average molecular weight is 509 g/mol. The molecule has 0 aromatic heterocycles. The summed E-state index contributed by atoms with van der Waals surface area (Å²) in [6.07, 6.45) is 3.61. The number of hydrogen-bond donors (Lipinski definition) is 0. The summed E-state index contributed by atoms with van der Waals surface area (Å²) < 4.78 is 0. The second-order valence-corrected chi connectivity index (χ2v) is 8.46. The summed E-state index contributed by atoms with van der Waals surface area (Å²) in [6.45, 7) is 0. The van der Waals surface area contributed by atoms with Crippen LogP contribution in [-0.2, 0) is 0 Å². The summed E-state index contributed by atoms with van der Waals surface area (Å²) in [4.78, 5) is 9.49. The van der Waals surface area contributed by atoms with Crippen LogP contribution < -0.4 is 0 Å². The van der Waals surface area contributed by atoms with Crippen LogP contribution in [0.1, 0.15) is 11.1 Å². The Labute approximate surface area is 226 Å². The molecule has 0 unspecified atom stereocenters. The predicted molar refractivity (Wildman–Crippen MR) is 156 cm³/mol. The first kappa shape index (κ1) is 25.1. The summed E-state index contributed by atoms with van der Waals surface area (Å²) in [7, 11) is 0. The molecule has 7 nitrogen and oxygen atoms in total. The fourth-order valence-electron chi connectivity index (χ4n) is 3.51. The van der Waals surface area contributed by atoms with Crippen molar-refractivity contribution in [2.45, 2.75) is 0 Å². The van der Waals surface area contributed by atoms with E-state index >= 15 is 0 Å². The number of benzene rings is 5. The van der Waals surface area contributed by atoms with Crippen LogP contribution in [0.5, 0.6) is 0 Å². The molecule has 7 heteroatoms. The molecule has 0 bridgehead atoms. The molecule has 0 atom stereocenters. The van der Waals surface area contributed by atoms with Crippen LogP contribution in [0.4, 0.5) is 34.1 Å². The van der Waals surface area contributed by atoms with Gasteiger partial charge in [0.1, 0.15) is 5.69 Å². The topological polar surface area (TPSA) is 87.9 Å². The van der Waals surface area contributed by atoms with Gasteiger partial charge in [0, 0.05) is 29.7 Å². The largest absolute Gasteiger partial charge is 0.594 e. The zero-order valence-corrected chi connectivity index (χ0v) is 20.9. The van der Waals surface area contributed by atoms with Crippen LogP contribution in [0.2, 0.25) is 0 Å². The molecule has 5 rings (SSSR count). The Morgan fingerprint density at radius 1 is 0.436 bits per heavy atom. The molecule has 5 aromatic rings. The first-order chi connectivity index (χ1) is 19.2. The third-order valence-electron chi connectivity index (χ3n) is 5.58. The minimum Gasteiger partial charge on any atom is -0.594 e. The molecule has 5 aromatic carbocycles. The van der Waals surface area contributed by atoms with Crippen LogP contribution in [0.25, 0.3) is 0 Å². The van der Waals surface area contributed by atoms with Gasteiger partial charge in [-0.15, -0.1) is 0 Å². The third-order valence-corrected chi connectivity index (χ3v) is 5.58. The highest BCUT2D eigenvalue weighted by atomic mass is 16.5. The first-order valence-corrected chi connectivity index (χ1v) is 12.3. The third kappa shape index (κ3) is 7.47. The fraction of sp³-hybridized carbons (Fsp3) is 0. The highest BCUT2D eigenvalue weighted by Gasteiger charge is 2.05. The maximum atomic E-state index is 12.5. The summed E-state index contributed by atoms with van der Waals surface area (Å²) in [5.74, 6) is 0. The first-order valence-electron chi connectivity index (χ1n) is 12.3. The van der Waals surface area contributed by atoms with Crippen molar-refractivity contribution in [2.75, 3.05) is 0 Å². The van der Waals surface area contributed by atoms with Crippen molar-refractivity contribution in [3.05, 3.63) is 150 Å². The Kier molecular flexibility index (Phi) is 8.11. The smallest absolute Gasteiger partial charge is 0.245 e. The SMILES string of the molecule is [O-][N+](=Nc1ccc(N=Cc2ccccc2)cc1)c1ccc(N=Nc2ccc(N=Cc3ccccc3)cc2)cc1. The van der Waals surface area contributed by atoms with E-state index in [-0.39, 0.29) is 0 Å². The van der Waals surface area contributed by atoms with E-state index in [9.17, 15) is 5.21 Å². The Balaban J connectivity index is 1.18. The van der Waals surface area contributed by atoms with Gasteiger partial charge in [-0.05, 0) is 71.8 Å². The molecule has 0 aliphatic carbocycles. The van der Waals surface area contributed by atoms with E-state index in [1.807, 2.05) is 103 Å². The molecule has 188 valence electrons. The molecule has 0 saturated carbocycles. The lowest BCUT2D eigenvalue weighted by Gasteiger charge is -2.01. The van der Waals surface area contributed by atoms with E-state index < -0.39 is 0 Å². The van der Waals surface area contributed by atoms with Gasteiger partial charge in [-0.3, -0.25) is 9.98 Å². The van der Waals surface area contributed by atoms with Crippen LogP contribution in [0.15, 0.2) is 159 Å². The molecule has 0 N–H and O–H groups in total. The number of hydrogen-bond acceptors (Lipinski definition) is 6. The van der Waals surface area contributed by atoms with Crippen molar-refractivity contribution in [1.29, 1.82) is 0 Å².